The second-order valence-electron chi connectivity index (χ2n) is 3.22. The molecule has 0 saturated carbocycles. The molecule has 0 aliphatic rings. The molecule has 1 atom stereocenters. The zero-order valence-corrected chi connectivity index (χ0v) is 8.86. The Balaban J connectivity index is 2.76. The molecule has 0 aromatic heterocycles. The van der Waals surface area contributed by atoms with E-state index in [4.69, 9.17) is 11.6 Å². The summed E-state index contributed by atoms with van der Waals surface area (Å²) in [6.07, 6.45) is -4.35. The number of alkyl halides is 3. The van der Waals surface area contributed by atoms with E-state index in [9.17, 15) is 13.2 Å². The monoisotopic (exact) mass is 237 g/mol. The van der Waals surface area contributed by atoms with Crippen LogP contribution >= 0.6 is 11.6 Å². The standard InChI is InChI=1S/C10H11ClF3N/c1-15-9(10(12,13)14)6-7-3-2-4-8(11)5-7/h2-5,9,15H,6H2,1H3. The molecule has 1 aromatic carbocycles. The van der Waals surface area contributed by atoms with Crippen molar-refractivity contribution in [3.63, 3.8) is 0 Å². The Bertz CT molecular complexity index is 325. The van der Waals surface area contributed by atoms with Crippen LogP contribution in [0.25, 0.3) is 0 Å². The topological polar surface area (TPSA) is 12.0 Å². The Morgan fingerprint density at radius 1 is 1.40 bits per heavy atom. The third-order valence-electron chi connectivity index (χ3n) is 2.07. The Labute approximate surface area is 91.2 Å². The Morgan fingerprint density at radius 2 is 2.07 bits per heavy atom. The number of likely N-dealkylation sites (N-methyl/N-ethyl adjacent to an activating group) is 1. The van der Waals surface area contributed by atoms with Crippen LogP contribution in [0.1, 0.15) is 5.56 Å². The van der Waals surface area contributed by atoms with Gasteiger partial charge in [0.25, 0.3) is 0 Å². The molecule has 1 aromatic rings. The highest BCUT2D eigenvalue weighted by molar-refractivity contribution is 6.30. The van der Waals surface area contributed by atoms with Gasteiger partial charge in [0.15, 0.2) is 0 Å². The van der Waals surface area contributed by atoms with Crippen molar-refractivity contribution in [3.05, 3.63) is 34.9 Å². The van der Waals surface area contributed by atoms with Crippen molar-refractivity contribution in [3.8, 4) is 0 Å². The third kappa shape index (κ3) is 3.72. The van der Waals surface area contributed by atoms with E-state index in [1.807, 2.05) is 0 Å². The summed E-state index contributed by atoms with van der Waals surface area (Å²) >= 11 is 5.68. The van der Waals surface area contributed by atoms with Crippen molar-refractivity contribution >= 4 is 11.6 Å². The molecule has 0 fully saturated rings. The van der Waals surface area contributed by atoms with Gasteiger partial charge in [0.1, 0.15) is 6.04 Å². The van der Waals surface area contributed by atoms with Crippen LogP contribution in [0, 0.1) is 0 Å². The maximum Gasteiger partial charge on any atom is 0.404 e. The van der Waals surface area contributed by atoms with Gasteiger partial charge >= 0.3 is 6.18 Å². The minimum atomic E-state index is -4.24. The first-order chi connectivity index (χ1) is 6.93. The minimum absolute atomic E-state index is 0.111. The molecule has 0 bridgehead atoms. The van der Waals surface area contributed by atoms with Gasteiger partial charge in [-0.1, -0.05) is 23.7 Å². The van der Waals surface area contributed by atoms with Gasteiger partial charge in [-0.15, -0.1) is 0 Å². The molecule has 1 nitrogen and oxygen atoms in total. The fourth-order valence-corrected chi connectivity index (χ4v) is 1.49. The molecular formula is C10H11ClF3N. The van der Waals surface area contributed by atoms with Crippen LogP contribution in [0.2, 0.25) is 5.02 Å². The summed E-state index contributed by atoms with van der Waals surface area (Å²) in [6, 6.07) is 4.91. The van der Waals surface area contributed by atoms with Crippen LogP contribution in [0.5, 0.6) is 0 Å². The summed E-state index contributed by atoms with van der Waals surface area (Å²) in [7, 11) is 1.29. The van der Waals surface area contributed by atoms with Crippen LogP contribution in [-0.2, 0) is 6.42 Å². The molecule has 0 saturated heterocycles. The van der Waals surface area contributed by atoms with Crippen molar-refractivity contribution in [1.29, 1.82) is 0 Å². The Hall–Kier alpha value is -0.740. The van der Waals surface area contributed by atoms with E-state index < -0.39 is 12.2 Å². The van der Waals surface area contributed by atoms with Crippen molar-refractivity contribution in [2.75, 3.05) is 7.05 Å². The number of hydrogen-bond acceptors (Lipinski definition) is 1. The van der Waals surface area contributed by atoms with Gasteiger partial charge in [0.2, 0.25) is 0 Å². The Kier molecular flexibility index (Phi) is 3.99. The summed E-state index contributed by atoms with van der Waals surface area (Å²) in [5, 5.41) is 2.69. The normalized spacial score (nSPS) is 13.9. The average molecular weight is 238 g/mol. The SMILES string of the molecule is CNC(Cc1cccc(Cl)c1)C(F)(F)F. The van der Waals surface area contributed by atoms with Gasteiger partial charge in [0, 0.05) is 5.02 Å². The fraction of sp³-hybridized carbons (Fsp3) is 0.400. The average Bonchev–Trinajstić information content (AvgIpc) is 2.12. The van der Waals surface area contributed by atoms with E-state index in [2.05, 4.69) is 5.32 Å². The number of hydrogen-bond donors (Lipinski definition) is 1. The van der Waals surface area contributed by atoms with E-state index in [1.165, 1.54) is 13.1 Å². The Morgan fingerprint density at radius 3 is 2.53 bits per heavy atom. The number of benzene rings is 1. The predicted octanol–water partition coefficient (Wildman–Crippen LogP) is 3.03. The lowest BCUT2D eigenvalue weighted by Gasteiger charge is -2.19. The van der Waals surface area contributed by atoms with Gasteiger partial charge in [0.05, 0.1) is 0 Å². The highest BCUT2D eigenvalue weighted by Crippen LogP contribution is 2.23. The van der Waals surface area contributed by atoms with E-state index >= 15 is 0 Å². The molecule has 15 heavy (non-hydrogen) atoms. The molecule has 1 rings (SSSR count). The van der Waals surface area contributed by atoms with E-state index in [1.54, 1.807) is 18.2 Å². The predicted molar refractivity (Wildman–Crippen MR) is 54.1 cm³/mol. The highest BCUT2D eigenvalue weighted by atomic mass is 35.5. The molecule has 0 radical (unpaired) electrons. The van der Waals surface area contributed by atoms with Crippen LogP contribution in [0.4, 0.5) is 13.2 Å². The van der Waals surface area contributed by atoms with Crippen molar-refractivity contribution < 1.29 is 13.2 Å². The van der Waals surface area contributed by atoms with E-state index in [0.717, 1.165) is 0 Å². The van der Waals surface area contributed by atoms with Crippen LogP contribution in [0.15, 0.2) is 24.3 Å². The van der Waals surface area contributed by atoms with Gasteiger partial charge in [-0.25, -0.2) is 0 Å². The molecule has 5 heteroatoms. The quantitative estimate of drug-likeness (QED) is 0.852. The number of rotatable bonds is 3. The molecular weight excluding hydrogens is 227 g/mol. The van der Waals surface area contributed by atoms with Crippen LogP contribution in [0.3, 0.4) is 0 Å². The maximum atomic E-state index is 12.4. The van der Waals surface area contributed by atoms with Gasteiger partial charge in [-0.2, -0.15) is 13.2 Å². The molecule has 1 unspecified atom stereocenters. The molecule has 0 heterocycles. The largest absolute Gasteiger partial charge is 0.404 e. The summed E-state index contributed by atoms with van der Waals surface area (Å²) in [5.74, 6) is 0. The van der Waals surface area contributed by atoms with Crippen molar-refractivity contribution in [2.24, 2.45) is 0 Å². The maximum absolute atomic E-state index is 12.4. The second-order valence-corrected chi connectivity index (χ2v) is 3.65. The highest BCUT2D eigenvalue weighted by Gasteiger charge is 2.38. The first-order valence-corrected chi connectivity index (χ1v) is 4.79. The summed E-state index contributed by atoms with van der Waals surface area (Å²) in [4.78, 5) is 0. The smallest absolute Gasteiger partial charge is 0.309 e. The third-order valence-corrected chi connectivity index (χ3v) is 2.31. The molecule has 0 aliphatic heterocycles. The van der Waals surface area contributed by atoms with Gasteiger partial charge in [-0.3, -0.25) is 0 Å². The minimum Gasteiger partial charge on any atom is -0.309 e. The lowest BCUT2D eigenvalue weighted by atomic mass is 10.1. The van der Waals surface area contributed by atoms with Gasteiger partial charge in [-0.05, 0) is 31.2 Å². The molecule has 0 amide bonds. The van der Waals surface area contributed by atoms with Gasteiger partial charge < -0.3 is 5.32 Å². The molecule has 1 N–H and O–H groups in total. The lowest BCUT2D eigenvalue weighted by molar-refractivity contribution is -0.154. The molecule has 0 spiro atoms. The lowest BCUT2D eigenvalue weighted by Crippen LogP contribution is -2.41. The summed E-state index contributed by atoms with van der Waals surface area (Å²) in [6.45, 7) is 0. The zero-order chi connectivity index (χ0) is 11.5. The summed E-state index contributed by atoms with van der Waals surface area (Å²) < 4.78 is 37.2. The molecule has 0 aliphatic carbocycles. The second kappa shape index (κ2) is 4.86. The summed E-state index contributed by atoms with van der Waals surface area (Å²) in [5.41, 5.74) is 0.569. The zero-order valence-electron chi connectivity index (χ0n) is 8.11. The van der Waals surface area contributed by atoms with E-state index in [-0.39, 0.29) is 6.42 Å². The van der Waals surface area contributed by atoms with Crippen LogP contribution < -0.4 is 5.32 Å². The van der Waals surface area contributed by atoms with Crippen molar-refractivity contribution in [1.82, 2.24) is 5.32 Å². The van der Waals surface area contributed by atoms with E-state index in [0.29, 0.717) is 10.6 Å². The number of nitrogens with one attached hydrogen (secondary N) is 1. The molecule has 84 valence electrons. The first kappa shape index (κ1) is 12.3. The first-order valence-electron chi connectivity index (χ1n) is 4.42. The van der Waals surface area contributed by atoms with Crippen LogP contribution in [-0.4, -0.2) is 19.3 Å². The fourth-order valence-electron chi connectivity index (χ4n) is 1.28. The number of halogens is 4. The van der Waals surface area contributed by atoms with Crippen molar-refractivity contribution in [2.45, 2.75) is 18.6 Å².